The van der Waals surface area contributed by atoms with E-state index in [1.54, 1.807) is 16.2 Å². The van der Waals surface area contributed by atoms with E-state index in [2.05, 4.69) is 29.2 Å². The van der Waals surface area contributed by atoms with Crippen molar-refractivity contribution in [2.24, 2.45) is 0 Å². The first kappa shape index (κ1) is 17.0. The lowest BCUT2D eigenvalue weighted by molar-refractivity contribution is 0.0790. The molecule has 4 nitrogen and oxygen atoms in total. The highest BCUT2D eigenvalue weighted by atomic mass is 32.1. The number of hydrogen-bond donors (Lipinski definition) is 0. The summed E-state index contributed by atoms with van der Waals surface area (Å²) in [5.41, 5.74) is 1.16. The summed E-state index contributed by atoms with van der Waals surface area (Å²) in [5, 5.41) is 3.36. The Morgan fingerprint density at radius 1 is 1.04 bits per heavy atom. The average molecular weight is 382 g/mol. The molecule has 6 heteroatoms. The first-order valence-corrected chi connectivity index (χ1v) is 9.96. The number of amides is 1. The Labute approximate surface area is 160 Å². The summed E-state index contributed by atoms with van der Waals surface area (Å²) in [6, 6.07) is 16.5. The molecule has 0 aliphatic heterocycles. The largest absolute Gasteiger partial charge is 0.354 e. The number of anilines is 1. The molecule has 4 rings (SSSR count). The third-order valence-corrected chi connectivity index (χ3v) is 6.62. The van der Waals surface area contributed by atoms with E-state index in [0.29, 0.717) is 6.54 Å². The van der Waals surface area contributed by atoms with Crippen molar-refractivity contribution < 1.29 is 4.79 Å². The first-order valence-electron chi connectivity index (χ1n) is 8.33. The van der Waals surface area contributed by atoms with Crippen LogP contribution in [0.1, 0.15) is 15.2 Å². The minimum absolute atomic E-state index is 0.0412. The summed E-state index contributed by atoms with van der Waals surface area (Å²) in [5.74, 6) is 0.0412. The Morgan fingerprint density at radius 3 is 2.58 bits per heavy atom. The van der Waals surface area contributed by atoms with E-state index >= 15 is 0 Å². The van der Waals surface area contributed by atoms with E-state index in [-0.39, 0.29) is 5.91 Å². The fourth-order valence-electron chi connectivity index (χ4n) is 2.97. The molecule has 2 aromatic heterocycles. The van der Waals surface area contributed by atoms with E-state index in [9.17, 15) is 4.79 Å². The number of nitrogens with zero attached hydrogens (tertiary/aromatic N) is 3. The van der Waals surface area contributed by atoms with Gasteiger partial charge in [0.2, 0.25) is 0 Å². The monoisotopic (exact) mass is 381 g/mol. The number of benzene rings is 2. The van der Waals surface area contributed by atoms with Crippen molar-refractivity contribution in [1.29, 1.82) is 0 Å². The number of carbonyl (C=O) groups is 1. The fraction of sp³-hybridized carbons (Fsp3) is 0.200. The van der Waals surface area contributed by atoms with Crippen LogP contribution < -0.4 is 4.90 Å². The first-order chi connectivity index (χ1) is 12.5. The molecule has 0 aliphatic rings. The molecule has 0 saturated heterocycles. The molecule has 0 bridgehead atoms. The van der Waals surface area contributed by atoms with Crippen LogP contribution in [0.3, 0.4) is 0 Å². The maximum atomic E-state index is 12.9. The molecule has 0 radical (unpaired) electrons. The maximum Gasteiger partial charge on any atom is 0.264 e. The van der Waals surface area contributed by atoms with Gasteiger partial charge in [-0.15, -0.1) is 11.3 Å². The summed E-state index contributed by atoms with van der Waals surface area (Å²) in [4.78, 5) is 22.9. The van der Waals surface area contributed by atoms with Crippen molar-refractivity contribution in [3.8, 4) is 0 Å². The number of fused-ring (bicyclic) bond motifs is 2. The topological polar surface area (TPSA) is 36.4 Å². The van der Waals surface area contributed by atoms with Crippen LogP contribution in [0.25, 0.3) is 20.3 Å². The summed E-state index contributed by atoms with van der Waals surface area (Å²) < 4.78 is 1.07. The van der Waals surface area contributed by atoms with Gasteiger partial charge in [0.15, 0.2) is 5.13 Å². The van der Waals surface area contributed by atoms with Gasteiger partial charge >= 0.3 is 0 Å². The van der Waals surface area contributed by atoms with E-state index in [0.717, 1.165) is 25.1 Å². The normalized spacial score (nSPS) is 11.2. The lowest BCUT2D eigenvalue weighted by Gasteiger charge is -2.17. The molecule has 0 fully saturated rings. The zero-order chi connectivity index (χ0) is 18.3. The van der Waals surface area contributed by atoms with Gasteiger partial charge in [-0.2, -0.15) is 0 Å². The van der Waals surface area contributed by atoms with Gasteiger partial charge in [-0.05, 0) is 22.4 Å². The molecule has 0 saturated carbocycles. The lowest BCUT2D eigenvalue weighted by Crippen LogP contribution is -2.25. The molecule has 1 amide bonds. The van der Waals surface area contributed by atoms with Crippen molar-refractivity contribution in [2.45, 2.75) is 6.54 Å². The van der Waals surface area contributed by atoms with Crippen LogP contribution in [-0.2, 0) is 6.54 Å². The number of aromatic nitrogens is 1. The van der Waals surface area contributed by atoms with E-state index < -0.39 is 0 Å². The number of rotatable bonds is 4. The third kappa shape index (κ3) is 3.06. The van der Waals surface area contributed by atoms with Crippen molar-refractivity contribution >= 4 is 54.0 Å². The maximum absolute atomic E-state index is 12.9. The lowest BCUT2D eigenvalue weighted by atomic mass is 10.0. The molecule has 0 N–H and O–H groups in total. The number of carbonyl (C=O) groups excluding carboxylic acids is 1. The van der Waals surface area contributed by atoms with Crippen molar-refractivity contribution in [3.05, 3.63) is 59.0 Å². The highest BCUT2D eigenvalue weighted by molar-refractivity contribution is 7.29. The van der Waals surface area contributed by atoms with Gasteiger partial charge in [-0.3, -0.25) is 4.79 Å². The summed E-state index contributed by atoms with van der Waals surface area (Å²) in [6.07, 6.45) is 0. The van der Waals surface area contributed by atoms with Gasteiger partial charge < -0.3 is 9.80 Å². The molecule has 132 valence electrons. The predicted octanol–water partition coefficient (Wildman–Crippen LogP) is 4.85. The average Bonchev–Trinajstić information content (AvgIpc) is 3.20. The molecule has 0 aliphatic carbocycles. The van der Waals surface area contributed by atoms with Crippen LogP contribution in [-0.4, -0.2) is 36.9 Å². The standard InChI is InChI=1S/C20H19N3OS2/c1-22(2)20-21-18-16(26-20)11-17(25-18)19(24)23(3)12-14-9-6-8-13-7-4-5-10-15(13)14/h4-11H,12H2,1-3H3. The summed E-state index contributed by atoms with van der Waals surface area (Å²) in [6.45, 7) is 0.585. The van der Waals surface area contributed by atoms with Gasteiger partial charge in [-0.1, -0.05) is 53.8 Å². The molecule has 0 atom stereocenters. The van der Waals surface area contributed by atoms with E-state index in [4.69, 9.17) is 0 Å². The van der Waals surface area contributed by atoms with Crippen LogP contribution in [0.4, 0.5) is 5.13 Å². The second kappa shape index (κ2) is 6.70. The molecule has 2 aromatic carbocycles. The molecular weight excluding hydrogens is 362 g/mol. The Balaban J connectivity index is 1.58. The molecule has 4 aromatic rings. The molecule has 0 spiro atoms. The zero-order valence-corrected chi connectivity index (χ0v) is 16.5. The Kier molecular flexibility index (Phi) is 4.38. The molecule has 2 heterocycles. The Morgan fingerprint density at radius 2 is 1.81 bits per heavy atom. The van der Waals surface area contributed by atoms with Gasteiger partial charge in [-0.25, -0.2) is 4.98 Å². The van der Waals surface area contributed by atoms with Crippen molar-refractivity contribution in [3.63, 3.8) is 0 Å². The number of thiazole rings is 1. The summed E-state index contributed by atoms with van der Waals surface area (Å²) >= 11 is 3.08. The second-order valence-corrected chi connectivity index (χ2v) is 8.51. The predicted molar refractivity (Wildman–Crippen MR) is 112 cm³/mol. The molecule has 26 heavy (non-hydrogen) atoms. The fourth-order valence-corrected chi connectivity index (χ4v) is 5.09. The summed E-state index contributed by atoms with van der Waals surface area (Å²) in [7, 11) is 5.81. The van der Waals surface area contributed by atoms with E-state index in [1.165, 1.54) is 22.1 Å². The highest BCUT2D eigenvalue weighted by Gasteiger charge is 2.18. The van der Waals surface area contributed by atoms with E-state index in [1.807, 2.05) is 50.3 Å². The minimum Gasteiger partial charge on any atom is -0.354 e. The van der Waals surface area contributed by atoms with Gasteiger partial charge in [0.05, 0.1) is 9.58 Å². The quantitative estimate of drug-likeness (QED) is 0.507. The Hall–Kier alpha value is -2.44. The third-order valence-electron chi connectivity index (χ3n) is 4.31. The van der Waals surface area contributed by atoms with Crippen LogP contribution in [0.5, 0.6) is 0 Å². The molecular formula is C20H19N3OS2. The number of thiophene rings is 1. The number of hydrogen-bond acceptors (Lipinski definition) is 5. The van der Waals surface area contributed by atoms with Gasteiger partial charge in [0.25, 0.3) is 5.91 Å². The van der Waals surface area contributed by atoms with Crippen LogP contribution in [0, 0.1) is 0 Å². The van der Waals surface area contributed by atoms with Crippen molar-refractivity contribution in [1.82, 2.24) is 9.88 Å². The van der Waals surface area contributed by atoms with Gasteiger partial charge in [0.1, 0.15) is 4.83 Å². The second-order valence-electron chi connectivity index (χ2n) is 6.47. The smallest absolute Gasteiger partial charge is 0.264 e. The Bertz CT molecular complexity index is 1060. The van der Waals surface area contributed by atoms with Gasteiger partial charge in [0, 0.05) is 27.7 Å². The van der Waals surface area contributed by atoms with Crippen LogP contribution in [0.2, 0.25) is 0 Å². The minimum atomic E-state index is 0.0412. The molecule has 0 unspecified atom stereocenters. The van der Waals surface area contributed by atoms with Crippen LogP contribution in [0.15, 0.2) is 48.5 Å². The zero-order valence-electron chi connectivity index (χ0n) is 14.9. The van der Waals surface area contributed by atoms with Crippen LogP contribution >= 0.6 is 22.7 Å². The highest BCUT2D eigenvalue weighted by Crippen LogP contribution is 2.34. The SMILES string of the molecule is CN(Cc1cccc2ccccc12)C(=O)c1cc2sc(N(C)C)nc2s1. The van der Waals surface area contributed by atoms with Crippen molar-refractivity contribution in [2.75, 3.05) is 26.0 Å².